The first-order valence-electron chi connectivity index (χ1n) is 7.27. The van der Waals surface area contributed by atoms with Gasteiger partial charge in [0, 0.05) is 12.6 Å². The second-order valence-electron chi connectivity index (χ2n) is 6.11. The molecule has 3 atom stereocenters. The molecule has 1 aromatic carbocycles. The maximum Gasteiger partial charge on any atom is 0.288 e. The van der Waals surface area contributed by atoms with Crippen molar-refractivity contribution in [2.75, 3.05) is 6.54 Å². The van der Waals surface area contributed by atoms with Gasteiger partial charge in [-0.2, -0.15) is 0 Å². The van der Waals surface area contributed by atoms with Gasteiger partial charge in [0.1, 0.15) is 5.02 Å². The summed E-state index contributed by atoms with van der Waals surface area (Å²) in [7, 11) is 0. The topological polar surface area (TPSA) is 55.2 Å². The van der Waals surface area contributed by atoms with E-state index in [0.717, 1.165) is 29.9 Å². The number of nitro benzene ring substituents is 1. The molecule has 3 rings (SSSR count). The van der Waals surface area contributed by atoms with Gasteiger partial charge in [-0.15, -0.1) is 0 Å². The molecule has 2 fully saturated rings. The number of nitro groups is 1. The van der Waals surface area contributed by atoms with E-state index in [9.17, 15) is 10.1 Å². The Morgan fingerprint density at radius 1 is 1.35 bits per heavy atom. The zero-order valence-corrected chi connectivity index (χ0v) is 12.1. The molecular formula is C15H19ClN2O2. The highest BCUT2D eigenvalue weighted by molar-refractivity contribution is 6.32. The number of rotatable bonds is 5. The highest BCUT2D eigenvalue weighted by Crippen LogP contribution is 2.47. The molecule has 3 unspecified atom stereocenters. The van der Waals surface area contributed by atoms with Crippen LogP contribution < -0.4 is 5.32 Å². The Balaban J connectivity index is 1.53. The molecule has 0 aliphatic heterocycles. The average Bonchev–Trinajstić information content (AvgIpc) is 3.02. The number of benzene rings is 1. The van der Waals surface area contributed by atoms with Crippen molar-refractivity contribution < 1.29 is 4.92 Å². The van der Waals surface area contributed by atoms with Crippen molar-refractivity contribution in [3.05, 3.63) is 38.9 Å². The third-order valence-corrected chi connectivity index (χ3v) is 5.15. The van der Waals surface area contributed by atoms with E-state index in [1.165, 1.54) is 25.7 Å². The van der Waals surface area contributed by atoms with Crippen molar-refractivity contribution in [3.63, 3.8) is 0 Å². The Bertz CT molecular complexity index is 521. The van der Waals surface area contributed by atoms with Crippen LogP contribution in [-0.4, -0.2) is 11.5 Å². The first kappa shape index (κ1) is 13.8. The standard InChI is InChI=1S/C15H19ClN2O2/c16-14-4-2-11(7-15(14)18(19)20)8-17-9-13-6-10-1-3-12(13)5-10/h2,4,7,10,12-13,17H,1,3,5-6,8-9H2. The Morgan fingerprint density at radius 3 is 2.85 bits per heavy atom. The molecule has 0 heterocycles. The molecule has 4 nitrogen and oxygen atoms in total. The molecule has 0 amide bonds. The van der Waals surface area contributed by atoms with Crippen molar-refractivity contribution in [3.8, 4) is 0 Å². The molecule has 0 saturated heterocycles. The number of hydrogen-bond donors (Lipinski definition) is 1. The van der Waals surface area contributed by atoms with Crippen molar-refractivity contribution in [2.24, 2.45) is 17.8 Å². The van der Waals surface area contributed by atoms with Gasteiger partial charge in [-0.25, -0.2) is 0 Å². The number of nitrogens with zero attached hydrogens (tertiary/aromatic N) is 1. The predicted octanol–water partition coefficient (Wildman–Crippen LogP) is 3.77. The highest BCUT2D eigenvalue weighted by atomic mass is 35.5. The SMILES string of the molecule is O=[N+]([O-])c1cc(CNCC2CC3CCC2C3)ccc1Cl. The van der Waals surface area contributed by atoms with Crippen LogP contribution in [0.3, 0.4) is 0 Å². The minimum absolute atomic E-state index is 0.00844. The largest absolute Gasteiger partial charge is 0.312 e. The molecule has 20 heavy (non-hydrogen) atoms. The lowest BCUT2D eigenvalue weighted by Gasteiger charge is -2.21. The van der Waals surface area contributed by atoms with Crippen LogP contribution in [0.25, 0.3) is 0 Å². The fourth-order valence-corrected chi connectivity index (χ4v) is 4.02. The Morgan fingerprint density at radius 2 is 2.20 bits per heavy atom. The minimum Gasteiger partial charge on any atom is -0.312 e. The van der Waals surface area contributed by atoms with Crippen molar-refractivity contribution in [1.82, 2.24) is 5.32 Å². The smallest absolute Gasteiger partial charge is 0.288 e. The summed E-state index contributed by atoms with van der Waals surface area (Å²) in [4.78, 5) is 10.4. The van der Waals surface area contributed by atoms with E-state index >= 15 is 0 Å². The van der Waals surface area contributed by atoms with Gasteiger partial charge < -0.3 is 5.32 Å². The van der Waals surface area contributed by atoms with Crippen molar-refractivity contribution in [1.29, 1.82) is 0 Å². The second kappa shape index (κ2) is 5.70. The summed E-state index contributed by atoms with van der Waals surface area (Å²) < 4.78 is 0. The van der Waals surface area contributed by atoms with E-state index in [0.29, 0.717) is 6.54 Å². The van der Waals surface area contributed by atoms with E-state index < -0.39 is 4.92 Å². The molecule has 0 spiro atoms. The molecule has 2 bridgehead atoms. The fourth-order valence-electron chi connectivity index (χ4n) is 3.84. The molecular weight excluding hydrogens is 276 g/mol. The van der Waals surface area contributed by atoms with Crippen LogP contribution >= 0.6 is 11.6 Å². The van der Waals surface area contributed by atoms with Crippen molar-refractivity contribution >= 4 is 17.3 Å². The monoisotopic (exact) mass is 294 g/mol. The number of hydrogen-bond acceptors (Lipinski definition) is 3. The van der Waals surface area contributed by atoms with E-state index in [1.807, 2.05) is 6.07 Å². The molecule has 5 heteroatoms. The molecule has 1 aromatic rings. The Kier molecular flexibility index (Phi) is 3.94. The van der Waals surface area contributed by atoms with Gasteiger partial charge in [-0.1, -0.05) is 24.1 Å². The zero-order chi connectivity index (χ0) is 14.1. The molecule has 0 radical (unpaired) electrons. The molecule has 1 N–H and O–H groups in total. The molecule has 108 valence electrons. The van der Waals surface area contributed by atoms with Crippen LogP contribution in [0.4, 0.5) is 5.69 Å². The van der Waals surface area contributed by atoms with Crippen LogP contribution in [0.1, 0.15) is 31.2 Å². The Labute approximate surface area is 123 Å². The lowest BCUT2D eigenvalue weighted by molar-refractivity contribution is -0.384. The Hall–Kier alpha value is -1.13. The summed E-state index contributed by atoms with van der Waals surface area (Å²) in [6.45, 7) is 1.70. The van der Waals surface area contributed by atoms with E-state index in [-0.39, 0.29) is 10.7 Å². The number of fused-ring (bicyclic) bond motifs is 2. The van der Waals surface area contributed by atoms with E-state index in [2.05, 4.69) is 5.32 Å². The van der Waals surface area contributed by atoms with Gasteiger partial charge in [0.05, 0.1) is 4.92 Å². The quantitative estimate of drug-likeness (QED) is 0.664. The third kappa shape index (κ3) is 2.81. The third-order valence-electron chi connectivity index (χ3n) is 4.83. The number of halogens is 1. The summed E-state index contributed by atoms with van der Waals surface area (Å²) in [5, 5.41) is 14.5. The lowest BCUT2D eigenvalue weighted by Crippen LogP contribution is -2.26. The van der Waals surface area contributed by atoms with E-state index in [4.69, 9.17) is 11.6 Å². The molecule has 2 saturated carbocycles. The lowest BCUT2D eigenvalue weighted by atomic mass is 9.89. The van der Waals surface area contributed by atoms with Crippen LogP contribution in [0.15, 0.2) is 18.2 Å². The molecule has 2 aliphatic rings. The summed E-state index contributed by atoms with van der Waals surface area (Å²) in [5.41, 5.74) is 0.912. The van der Waals surface area contributed by atoms with Crippen LogP contribution in [0.5, 0.6) is 0 Å². The summed E-state index contributed by atoms with van der Waals surface area (Å²) in [5.74, 6) is 2.67. The maximum absolute atomic E-state index is 10.8. The maximum atomic E-state index is 10.8. The van der Waals surface area contributed by atoms with Gasteiger partial charge in [0.25, 0.3) is 5.69 Å². The molecule has 0 aromatic heterocycles. The normalized spacial score (nSPS) is 27.9. The van der Waals surface area contributed by atoms with Gasteiger partial charge in [0.15, 0.2) is 0 Å². The van der Waals surface area contributed by atoms with Gasteiger partial charge in [0.2, 0.25) is 0 Å². The van der Waals surface area contributed by atoms with Crippen LogP contribution in [0, 0.1) is 27.9 Å². The second-order valence-corrected chi connectivity index (χ2v) is 6.52. The minimum atomic E-state index is -0.429. The van der Waals surface area contributed by atoms with Crippen LogP contribution in [0.2, 0.25) is 5.02 Å². The predicted molar refractivity (Wildman–Crippen MR) is 78.8 cm³/mol. The summed E-state index contributed by atoms with van der Waals surface area (Å²) in [6, 6.07) is 5.02. The molecule has 2 aliphatic carbocycles. The van der Waals surface area contributed by atoms with Gasteiger partial charge in [-0.3, -0.25) is 10.1 Å². The highest BCUT2D eigenvalue weighted by Gasteiger charge is 2.38. The van der Waals surface area contributed by atoms with Crippen molar-refractivity contribution in [2.45, 2.75) is 32.2 Å². The van der Waals surface area contributed by atoms with Crippen LogP contribution in [-0.2, 0) is 6.54 Å². The first-order valence-corrected chi connectivity index (χ1v) is 7.65. The first-order chi connectivity index (χ1) is 9.63. The fraction of sp³-hybridized carbons (Fsp3) is 0.600. The van der Waals surface area contributed by atoms with E-state index in [1.54, 1.807) is 12.1 Å². The average molecular weight is 295 g/mol. The number of nitrogens with one attached hydrogen (secondary N) is 1. The summed E-state index contributed by atoms with van der Waals surface area (Å²) >= 11 is 5.81. The van der Waals surface area contributed by atoms with Gasteiger partial charge in [-0.05, 0) is 55.2 Å². The van der Waals surface area contributed by atoms with Gasteiger partial charge >= 0.3 is 0 Å². The summed E-state index contributed by atoms with van der Waals surface area (Å²) in [6.07, 6.45) is 5.59. The zero-order valence-electron chi connectivity index (χ0n) is 11.3.